The predicted molar refractivity (Wildman–Crippen MR) is 113 cm³/mol. The zero-order valence-corrected chi connectivity index (χ0v) is 16.9. The van der Waals surface area contributed by atoms with Gasteiger partial charge in [0.05, 0.1) is 22.6 Å². The van der Waals surface area contributed by atoms with Gasteiger partial charge < -0.3 is 14.6 Å². The molecule has 1 amide bonds. The average molecular weight is 440 g/mol. The maximum absolute atomic E-state index is 14.0. The number of nitrogens with one attached hydrogen (secondary N) is 1. The molecule has 0 aliphatic carbocycles. The number of benzene rings is 2. The van der Waals surface area contributed by atoms with Crippen molar-refractivity contribution in [3.8, 4) is 0 Å². The molecule has 5 rings (SSSR count). The van der Waals surface area contributed by atoms with Crippen LogP contribution in [0.1, 0.15) is 29.8 Å². The molecule has 0 radical (unpaired) electrons. The van der Waals surface area contributed by atoms with Crippen LogP contribution in [0, 0.1) is 17.5 Å². The van der Waals surface area contributed by atoms with Gasteiger partial charge in [-0.25, -0.2) is 18.2 Å². The maximum atomic E-state index is 14.0. The van der Waals surface area contributed by atoms with Crippen molar-refractivity contribution < 1.29 is 22.4 Å². The van der Waals surface area contributed by atoms with E-state index in [-0.39, 0.29) is 34.1 Å². The number of hydrogen-bond donors (Lipinski definition) is 1. The summed E-state index contributed by atoms with van der Waals surface area (Å²) in [7, 11) is 0. The van der Waals surface area contributed by atoms with Gasteiger partial charge in [0.2, 0.25) is 0 Å². The molecule has 164 valence electrons. The lowest BCUT2D eigenvalue weighted by Crippen LogP contribution is -2.47. The van der Waals surface area contributed by atoms with Crippen LogP contribution in [-0.2, 0) is 0 Å². The Hall–Kier alpha value is -3.62. The summed E-state index contributed by atoms with van der Waals surface area (Å²) in [6, 6.07) is 7.78. The number of rotatable bonds is 4. The highest BCUT2D eigenvalue weighted by molar-refractivity contribution is 5.96. The number of likely N-dealkylation sites (tertiary alicyclic amines) is 1. The molecule has 2 aromatic heterocycles. The molecule has 32 heavy (non-hydrogen) atoms. The van der Waals surface area contributed by atoms with E-state index >= 15 is 0 Å². The number of carbonyl (C=O) groups is 1. The minimum Gasteiger partial charge on any atom is -0.451 e. The molecule has 4 aromatic rings. The van der Waals surface area contributed by atoms with Crippen molar-refractivity contribution in [1.82, 2.24) is 14.9 Å². The van der Waals surface area contributed by atoms with Crippen LogP contribution in [0.2, 0.25) is 0 Å². The van der Waals surface area contributed by atoms with E-state index in [2.05, 4.69) is 15.3 Å². The predicted octanol–water partition coefficient (Wildman–Crippen LogP) is 4.90. The van der Waals surface area contributed by atoms with Gasteiger partial charge in [0.15, 0.2) is 17.4 Å². The Morgan fingerprint density at radius 1 is 1.09 bits per heavy atom. The van der Waals surface area contributed by atoms with E-state index in [0.29, 0.717) is 24.5 Å². The number of furan rings is 1. The second-order valence-electron chi connectivity index (χ2n) is 7.80. The van der Waals surface area contributed by atoms with Gasteiger partial charge in [-0.2, -0.15) is 0 Å². The van der Waals surface area contributed by atoms with Crippen molar-refractivity contribution in [2.24, 2.45) is 0 Å². The molecule has 0 bridgehead atoms. The normalized spacial score (nSPS) is 16.6. The van der Waals surface area contributed by atoms with E-state index in [4.69, 9.17) is 4.42 Å². The van der Waals surface area contributed by atoms with Crippen LogP contribution in [0.4, 0.5) is 19.0 Å². The van der Waals surface area contributed by atoms with Crippen LogP contribution < -0.4 is 5.32 Å². The summed E-state index contributed by atoms with van der Waals surface area (Å²) in [6.07, 6.45) is 4.03. The highest BCUT2D eigenvalue weighted by atomic mass is 19.2. The van der Waals surface area contributed by atoms with Crippen LogP contribution >= 0.6 is 0 Å². The third kappa shape index (κ3) is 3.74. The minimum atomic E-state index is -0.990. The molecule has 1 fully saturated rings. The van der Waals surface area contributed by atoms with Gasteiger partial charge in [0.1, 0.15) is 17.2 Å². The van der Waals surface area contributed by atoms with Crippen molar-refractivity contribution >= 4 is 33.7 Å². The second-order valence-corrected chi connectivity index (χ2v) is 7.80. The molecule has 6 nitrogen and oxygen atoms in total. The van der Waals surface area contributed by atoms with Crippen LogP contribution in [0.25, 0.3) is 22.0 Å². The third-order valence-corrected chi connectivity index (χ3v) is 5.71. The Kier molecular flexibility index (Phi) is 5.16. The van der Waals surface area contributed by atoms with Gasteiger partial charge in [-0.3, -0.25) is 9.78 Å². The van der Waals surface area contributed by atoms with E-state index in [9.17, 15) is 18.0 Å². The lowest BCUT2D eigenvalue weighted by Gasteiger charge is -2.35. The number of hydrogen-bond acceptors (Lipinski definition) is 5. The Balaban J connectivity index is 1.34. The number of fused-ring (bicyclic) bond motifs is 2. The quantitative estimate of drug-likeness (QED) is 0.489. The van der Waals surface area contributed by atoms with Gasteiger partial charge >= 0.3 is 0 Å². The molecule has 9 heteroatoms. The molecule has 1 N–H and O–H groups in total. The summed E-state index contributed by atoms with van der Waals surface area (Å²) < 4.78 is 46.5. The lowest BCUT2D eigenvalue weighted by molar-refractivity contribution is 0.0598. The first kappa shape index (κ1) is 20.3. The molecule has 1 atom stereocenters. The monoisotopic (exact) mass is 440 g/mol. The van der Waals surface area contributed by atoms with Crippen LogP contribution in [0.3, 0.4) is 0 Å². The first-order valence-electron chi connectivity index (χ1n) is 10.3. The first-order valence-corrected chi connectivity index (χ1v) is 10.3. The Morgan fingerprint density at radius 2 is 1.91 bits per heavy atom. The van der Waals surface area contributed by atoms with Gasteiger partial charge in [-0.1, -0.05) is 6.07 Å². The lowest BCUT2D eigenvalue weighted by atomic mass is 10.0. The molecule has 1 aliphatic heterocycles. The number of amides is 1. The average Bonchev–Trinajstić information content (AvgIpc) is 3.24. The zero-order chi connectivity index (χ0) is 22.2. The number of anilines is 1. The van der Waals surface area contributed by atoms with Crippen LogP contribution in [0.15, 0.2) is 47.0 Å². The SMILES string of the molecule is O=C(c1cc2c(F)cccc2o1)N1CCCC[C@H]1CNc1cnc2cc(F)c(F)cc2n1. The summed E-state index contributed by atoms with van der Waals surface area (Å²) in [5.41, 5.74) is 0.811. The van der Waals surface area contributed by atoms with Crippen molar-refractivity contribution in [3.63, 3.8) is 0 Å². The molecule has 2 aromatic carbocycles. The highest BCUT2D eigenvalue weighted by Crippen LogP contribution is 2.26. The van der Waals surface area contributed by atoms with Gasteiger partial charge in [0.25, 0.3) is 5.91 Å². The van der Waals surface area contributed by atoms with Gasteiger partial charge in [-0.15, -0.1) is 0 Å². The second kappa shape index (κ2) is 8.14. The Bertz CT molecular complexity index is 1320. The minimum absolute atomic E-state index is 0.0972. The third-order valence-electron chi connectivity index (χ3n) is 5.71. The van der Waals surface area contributed by atoms with Crippen molar-refractivity contribution in [3.05, 3.63) is 65.8 Å². The fourth-order valence-corrected chi connectivity index (χ4v) is 4.07. The highest BCUT2D eigenvalue weighted by Gasteiger charge is 2.29. The number of aromatic nitrogens is 2. The van der Waals surface area contributed by atoms with Crippen LogP contribution in [-0.4, -0.2) is 39.9 Å². The summed E-state index contributed by atoms with van der Waals surface area (Å²) in [4.78, 5) is 23.2. The Labute approximate surface area is 181 Å². The molecule has 0 unspecified atom stereocenters. The molecule has 0 spiro atoms. The summed E-state index contributed by atoms with van der Waals surface area (Å²) in [5.74, 6) is -2.21. The van der Waals surface area contributed by atoms with Gasteiger partial charge in [-0.05, 0) is 31.4 Å². The summed E-state index contributed by atoms with van der Waals surface area (Å²) in [6.45, 7) is 0.947. The van der Waals surface area contributed by atoms with E-state index in [1.54, 1.807) is 11.0 Å². The topological polar surface area (TPSA) is 71.3 Å². The van der Waals surface area contributed by atoms with Crippen molar-refractivity contribution in [2.45, 2.75) is 25.3 Å². The largest absolute Gasteiger partial charge is 0.451 e. The first-order chi connectivity index (χ1) is 15.5. The zero-order valence-electron chi connectivity index (χ0n) is 16.9. The molecule has 0 saturated carbocycles. The molecular weight excluding hydrogens is 421 g/mol. The van der Waals surface area contributed by atoms with Crippen molar-refractivity contribution in [2.75, 3.05) is 18.4 Å². The fraction of sp³-hybridized carbons (Fsp3) is 0.261. The molecule has 1 aliphatic rings. The van der Waals surface area contributed by atoms with Crippen molar-refractivity contribution in [1.29, 1.82) is 0 Å². The molecular formula is C23H19F3N4O2. The number of nitrogens with zero attached hydrogens (tertiary/aromatic N) is 3. The summed E-state index contributed by atoms with van der Waals surface area (Å²) >= 11 is 0. The van der Waals surface area contributed by atoms with Gasteiger partial charge in [0, 0.05) is 37.3 Å². The number of piperidine rings is 1. The van der Waals surface area contributed by atoms with E-state index in [1.165, 1.54) is 24.4 Å². The smallest absolute Gasteiger partial charge is 0.289 e. The van der Waals surface area contributed by atoms with E-state index < -0.39 is 17.5 Å². The standard InChI is InChI=1S/C23H19F3N4O2/c24-15-5-3-6-20-14(15)8-21(32-20)23(31)30-7-2-1-4-13(30)11-28-22-12-27-18-9-16(25)17(26)10-19(18)29-22/h3,5-6,8-10,12-13H,1-2,4,7,11H2,(H,28,29)/t13-/m0/s1. The van der Waals surface area contributed by atoms with E-state index in [1.807, 2.05) is 0 Å². The molecule has 1 saturated heterocycles. The Morgan fingerprint density at radius 3 is 2.72 bits per heavy atom. The van der Waals surface area contributed by atoms with E-state index in [0.717, 1.165) is 31.4 Å². The molecule has 3 heterocycles. The van der Waals surface area contributed by atoms with Crippen LogP contribution in [0.5, 0.6) is 0 Å². The fourth-order valence-electron chi connectivity index (χ4n) is 4.07. The number of carbonyl (C=O) groups excluding carboxylic acids is 1. The number of halogens is 3. The maximum Gasteiger partial charge on any atom is 0.289 e. The summed E-state index contributed by atoms with van der Waals surface area (Å²) in [5, 5.41) is 3.41.